The highest BCUT2D eigenvalue weighted by molar-refractivity contribution is 4.79. The predicted octanol–water partition coefficient (Wildman–Crippen LogP) is 0.859. The van der Waals surface area contributed by atoms with Crippen LogP contribution in [-0.2, 0) is 0 Å². The van der Waals surface area contributed by atoms with Gasteiger partial charge in [0.15, 0.2) is 0 Å². The summed E-state index contributed by atoms with van der Waals surface area (Å²) < 4.78 is 0. The van der Waals surface area contributed by atoms with Crippen molar-refractivity contribution in [2.75, 3.05) is 39.3 Å². The highest BCUT2D eigenvalue weighted by Crippen LogP contribution is 2.10. The number of rotatable bonds is 6. The van der Waals surface area contributed by atoms with Crippen LogP contribution in [0.3, 0.4) is 0 Å². The van der Waals surface area contributed by atoms with Crippen molar-refractivity contribution in [3.05, 3.63) is 0 Å². The lowest BCUT2D eigenvalue weighted by atomic mass is 10.0. The normalized spacial score (nSPS) is 20.3. The second-order valence-corrected chi connectivity index (χ2v) is 7.16. The van der Waals surface area contributed by atoms with E-state index in [1.165, 1.54) is 26.2 Å². The molecule has 0 aliphatic carbocycles. The van der Waals surface area contributed by atoms with Crippen molar-refractivity contribution in [1.82, 2.24) is 9.80 Å². The van der Waals surface area contributed by atoms with Crippen LogP contribution in [-0.4, -0.2) is 60.1 Å². The summed E-state index contributed by atoms with van der Waals surface area (Å²) in [5, 5.41) is 0. The van der Waals surface area contributed by atoms with E-state index in [0.717, 1.165) is 25.9 Å². The summed E-state index contributed by atoms with van der Waals surface area (Å²) in [6.45, 7) is 15.3. The SMILES string of the molecule is CC(C)(N)CCN1CCN(CCC(C)(C)N)CC1. The van der Waals surface area contributed by atoms with Crippen LogP contribution in [0.5, 0.6) is 0 Å². The van der Waals surface area contributed by atoms with Gasteiger partial charge in [0.05, 0.1) is 0 Å². The highest BCUT2D eigenvalue weighted by Gasteiger charge is 2.20. The van der Waals surface area contributed by atoms with Crippen LogP contribution in [0.15, 0.2) is 0 Å². The van der Waals surface area contributed by atoms with Crippen molar-refractivity contribution in [2.24, 2.45) is 11.5 Å². The highest BCUT2D eigenvalue weighted by atomic mass is 15.3. The smallest absolute Gasteiger partial charge is 0.0110 e. The number of hydrogen-bond acceptors (Lipinski definition) is 4. The molecule has 1 heterocycles. The van der Waals surface area contributed by atoms with Gasteiger partial charge in [0, 0.05) is 37.3 Å². The second-order valence-electron chi connectivity index (χ2n) is 7.16. The Bertz CT molecular complexity index is 205. The Hall–Kier alpha value is -0.160. The molecule has 0 aromatic carbocycles. The van der Waals surface area contributed by atoms with Gasteiger partial charge in [0.25, 0.3) is 0 Å². The molecule has 4 N–H and O–H groups in total. The molecular weight excluding hydrogens is 224 g/mol. The van der Waals surface area contributed by atoms with E-state index in [1.807, 2.05) is 0 Å². The third-order valence-corrected chi connectivity index (χ3v) is 3.61. The zero-order valence-electron chi connectivity index (χ0n) is 12.7. The van der Waals surface area contributed by atoms with E-state index in [1.54, 1.807) is 0 Å². The lowest BCUT2D eigenvalue weighted by Crippen LogP contribution is -2.49. The molecule has 0 radical (unpaired) electrons. The molecule has 1 saturated heterocycles. The number of hydrogen-bond donors (Lipinski definition) is 2. The molecule has 4 nitrogen and oxygen atoms in total. The minimum Gasteiger partial charge on any atom is -0.326 e. The molecule has 4 heteroatoms. The molecule has 0 aromatic rings. The molecule has 18 heavy (non-hydrogen) atoms. The van der Waals surface area contributed by atoms with Gasteiger partial charge in [-0.15, -0.1) is 0 Å². The summed E-state index contributed by atoms with van der Waals surface area (Å²) in [7, 11) is 0. The van der Waals surface area contributed by atoms with Crippen LogP contribution < -0.4 is 11.5 Å². The zero-order valence-corrected chi connectivity index (χ0v) is 12.7. The van der Waals surface area contributed by atoms with Gasteiger partial charge in [-0.1, -0.05) is 0 Å². The fraction of sp³-hybridized carbons (Fsp3) is 1.00. The van der Waals surface area contributed by atoms with E-state index in [4.69, 9.17) is 11.5 Å². The van der Waals surface area contributed by atoms with E-state index in [-0.39, 0.29) is 11.1 Å². The molecule has 0 saturated carbocycles. The number of nitrogens with zero attached hydrogens (tertiary/aromatic N) is 2. The van der Waals surface area contributed by atoms with E-state index in [2.05, 4.69) is 37.5 Å². The largest absolute Gasteiger partial charge is 0.326 e. The molecule has 0 bridgehead atoms. The van der Waals surface area contributed by atoms with Crippen LogP contribution in [0.1, 0.15) is 40.5 Å². The van der Waals surface area contributed by atoms with Crippen molar-refractivity contribution in [3.8, 4) is 0 Å². The third-order valence-electron chi connectivity index (χ3n) is 3.61. The van der Waals surface area contributed by atoms with E-state index in [0.29, 0.717) is 0 Å². The maximum Gasteiger partial charge on any atom is 0.0110 e. The summed E-state index contributed by atoms with van der Waals surface area (Å²) in [5.74, 6) is 0. The van der Waals surface area contributed by atoms with Crippen LogP contribution >= 0.6 is 0 Å². The standard InChI is InChI=1S/C14H32N4/c1-13(2,15)5-7-17-9-11-18(12-10-17)8-6-14(3,4)16/h5-12,15-16H2,1-4H3. The molecule has 0 aromatic heterocycles. The summed E-state index contributed by atoms with van der Waals surface area (Å²) in [6.07, 6.45) is 2.14. The molecule has 1 aliphatic heterocycles. The molecule has 1 rings (SSSR count). The summed E-state index contributed by atoms with van der Waals surface area (Å²) >= 11 is 0. The molecular formula is C14H32N4. The molecule has 1 aliphatic rings. The quantitative estimate of drug-likeness (QED) is 0.740. The van der Waals surface area contributed by atoms with E-state index in [9.17, 15) is 0 Å². The minimum atomic E-state index is -0.0410. The first-order chi connectivity index (χ1) is 8.16. The Morgan fingerprint density at radius 1 is 0.722 bits per heavy atom. The predicted molar refractivity (Wildman–Crippen MR) is 78.6 cm³/mol. The topological polar surface area (TPSA) is 58.5 Å². The van der Waals surface area contributed by atoms with Crippen LogP contribution in [0.2, 0.25) is 0 Å². The monoisotopic (exact) mass is 256 g/mol. The van der Waals surface area contributed by atoms with Gasteiger partial charge < -0.3 is 21.3 Å². The summed E-state index contributed by atoms with van der Waals surface area (Å²) in [5.41, 5.74) is 12.0. The van der Waals surface area contributed by atoms with Gasteiger partial charge in [-0.05, 0) is 53.6 Å². The van der Waals surface area contributed by atoms with E-state index < -0.39 is 0 Å². The summed E-state index contributed by atoms with van der Waals surface area (Å²) in [6, 6.07) is 0. The van der Waals surface area contributed by atoms with Crippen molar-refractivity contribution in [2.45, 2.75) is 51.6 Å². The molecule has 0 spiro atoms. The Morgan fingerprint density at radius 2 is 1.00 bits per heavy atom. The van der Waals surface area contributed by atoms with Crippen molar-refractivity contribution < 1.29 is 0 Å². The lowest BCUT2D eigenvalue weighted by molar-refractivity contribution is 0.120. The average molecular weight is 256 g/mol. The Balaban J connectivity index is 2.17. The van der Waals surface area contributed by atoms with Gasteiger partial charge >= 0.3 is 0 Å². The number of piperazine rings is 1. The fourth-order valence-corrected chi connectivity index (χ4v) is 2.13. The molecule has 108 valence electrons. The zero-order chi connectivity index (χ0) is 13.8. The van der Waals surface area contributed by atoms with Gasteiger partial charge in [0.1, 0.15) is 0 Å². The average Bonchev–Trinajstić information content (AvgIpc) is 2.23. The maximum absolute atomic E-state index is 6.02. The van der Waals surface area contributed by atoms with Crippen LogP contribution in [0.25, 0.3) is 0 Å². The Labute approximate surface area is 113 Å². The molecule has 1 fully saturated rings. The van der Waals surface area contributed by atoms with E-state index >= 15 is 0 Å². The lowest BCUT2D eigenvalue weighted by Gasteiger charge is -2.36. The Morgan fingerprint density at radius 3 is 1.22 bits per heavy atom. The Kier molecular flexibility index (Phi) is 5.59. The first-order valence-electron chi connectivity index (χ1n) is 7.18. The third kappa shape index (κ3) is 7.31. The molecule has 0 amide bonds. The van der Waals surface area contributed by atoms with Crippen molar-refractivity contribution >= 4 is 0 Å². The summed E-state index contributed by atoms with van der Waals surface area (Å²) in [4.78, 5) is 5.05. The molecule has 0 atom stereocenters. The van der Waals surface area contributed by atoms with Gasteiger partial charge in [-0.2, -0.15) is 0 Å². The maximum atomic E-state index is 6.02. The van der Waals surface area contributed by atoms with Gasteiger partial charge in [-0.25, -0.2) is 0 Å². The fourth-order valence-electron chi connectivity index (χ4n) is 2.13. The van der Waals surface area contributed by atoms with Crippen molar-refractivity contribution in [3.63, 3.8) is 0 Å². The minimum absolute atomic E-state index is 0.0410. The first-order valence-corrected chi connectivity index (χ1v) is 7.18. The number of nitrogens with two attached hydrogens (primary N) is 2. The van der Waals surface area contributed by atoms with Crippen LogP contribution in [0.4, 0.5) is 0 Å². The van der Waals surface area contributed by atoms with Crippen molar-refractivity contribution in [1.29, 1.82) is 0 Å². The molecule has 0 unspecified atom stereocenters. The van der Waals surface area contributed by atoms with Gasteiger partial charge in [-0.3, -0.25) is 0 Å². The van der Waals surface area contributed by atoms with Crippen LogP contribution in [0, 0.1) is 0 Å². The second kappa shape index (κ2) is 6.33. The van der Waals surface area contributed by atoms with Gasteiger partial charge in [0.2, 0.25) is 0 Å². The first kappa shape index (κ1) is 15.9.